The van der Waals surface area contributed by atoms with Crippen LogP contribution >= 0.6 is 11.8 Å². The Hall–Kier alpha value is -1.67. The van der Waals surface area contributed by atoms with E-state index in [0.717, 1.165) is 21.7 Å². The molecule has 0 saturated carbocycles. The highest BCUT2D eigenvalue weighted by molar-refractivity contribution is 8.01. The number of para-hydroxylation sites is 1. The van der Waals surface area contributed by atoms with Gasteiger partial charge in [0.25, 0.3) is 0 Å². The fourth-order valence-electron chi connectivity index (χ4n) is 3.68. The van der Waals surface area contributed by atoms with Gasteiger partial charge in [-0.1, -0.05) is 30.3 Å². The molecule has 3 heterocycles. The lowest BCUT2D eigenvalue weighted by atomic mass is 9.99. The molecular weight excluding hydrogens is 276 g/mol. The molecule has 2 aromatic carbocycles. The van der Waals surface area contributed by atoms with Gasteiger partial charge < -0.3 is 4.42 Å². The van der Waals surface area contributed by atoms with Gasteiger partial charge in [0.15, 0.2) is 0 Å². The Labute approximate surface area is 128 Å². The lowest BCUT2D eigenvalue weighted by Crippen LogP contribution is -2.05. The molecule has 5 rings (SSSR count). The summed E-state index contributed by atoms with van der Waals surface area (Å²) in [6, 6.07) is 15.0. The standard InChI is InChI=1S/C19H16OS/c1-2-4-18-16(3-1)17-11-12(5-8-19(17)20-18)13-9-14-6-7-15(10-13)21-14/h1-5,8-9,11,14-15H,6-7,10H2. The van der Waals surface area contributed by atoms with Crippen LogP contribution in [0.5, 0.6) is 0 Å². The highest BCUT2D eigenvalue weighted by Crippen LogP contribution is 2.45. The zero-order chi connectivity index (χ0) is 13.8. The monoisotopic (exact) mass is 292 g/mol. The van der Waals surface area contributed by atoms with E-state index in [0.29, 0.717) is 0 Å². The van der Waals surface area contributed by atoms with Crippen LogP contribution in [0.1, 0.15) is 24.8 Å². The molecule has 2 unspecified atom stereocenters. The predicted molar refractivity (Wildman–Crippen MR) is 90.7 cm³/mol. The van der Waals surface area contributed by atoms with Crippen LogP contribution in [-0.4, -0.2) is 10.5 Å². The molecule has 0 spiro atoms. The minimum Gasteiger partial charge on any atom is -0.456 e. The van der Waals surface area contributed by atoms with Gasteiger partial charge in [-0.25, -0.2) is 0 Å². The molecule has 2 aliphatic heterocycles. The Balaban J connectivity index is 1.69. The van der Waals surface area contributed by atoms with Crippen molar-refractivity contribution in [3.63, 3.8) is 0 Å². The van der Waals surface area contributed by atoms with E-state index in [1.807, 2.05) is 12.1 Å². The third kappa shape index (κ3) is 1.86. The number of allylic oxidation sites excluding steroid dienone is 1. The van der Waals surface area contributed by atoms with Crippen molar-refractivity contribution in [2.24, 2.45) is 0 Å². The molecule has 0 aliphatic carbocycles. The summed E-state index contributed by atoms with van der Waals surface area (Å²) in [7, 11) is 0. The maximum atomic E-state index is 5.93. The second-order valence-corrected chi connectivity index (χ2v) is 7.62. The van der Waals surface area contributed by atoms with E-state index in [1.54, 1.807) is 0 Å². The quantitative estimate of drug-likeness (QED) is 0.576. The van der Waals surface area contributed by atoms with Gasteiger partial charge in [-0.15, -0.1) is 0 Å². The summed E-state index contributed by atoms with van der Waals surface area (Å²) in [5.41, 5.74) is 4.89. The van der Waals surface area contributed by atoms with Crippen molar-refractivity contribution in [1.29, 1.82) is 0 Å². The second-order valence-electron chi connectivity index (χ2n) is 6.08. The average Bonchev–Trinajstić information content (AvgIpc) is 3.06. The maximum Gasteiger partial charge on any atom is 0.135 e. The molecule has 2 heteroatoms. The Morgan fingerprint density at radius 3 is 2.81 bits per heavy atom. The molecule has 2 bridgehead atoms. The fourth-order valence-corrected chi connectivity index (χ4v) is 5.24. The van der Waals surface area contributed by atoms with E-state index in [2.05, 4.69) is 48.2 Å². The number of fused-ring (bicyclic) bond motifs is 5. The Kier molecular flexibility index (Phi) is 2.51. The molecule has 2 atom stereocenters. The van der Waals surface area contributed by atoms with Gasteiger partial charge in [0.1, 0.15) is 11.2 Å². The van der Waals surface area contributed by atoms with E-state index in [4.69, 9.17) is 4.42 Å². The number of rotatable bonds is 1. The molecule has 1 saturated heterocycles. The molecule has 3 aromatic rings. The Morgan fingerprint density at radius 1 is 0.952 bits per heavy atom. The Morgan fingerprint density at radius 2 is 1.86 bits per heavy atom. The van der Waals surface area contributed by atoms with Gasteiger partial charge in [-0.05, 0) is 48.6 Å². The first-order valence-electron chi connectivity index (χ1n) is 7.65. The zero-order valence-electron chi connectivity index (χ0n) is 11.7. The number of furan rings is 1. The van der Waals surface area contributed by atoms with E-state index in [9.17, 15) is 0 Å². The topological polar surface area (TPSA) is 13.1 Å². The molecule has 0 radical (unpaired) electrons. The van der Waals surface area contributed by atoms with Crippen molar-refractivity contribution < 1.29 is 4.42 Å². The van der Waals surface area contributed by atoms with Crippen LogP contribution in [0, 0.1) is 0 Å². The number of thioether (sulfide) groups is 1. The molecule has 1 aromatic heterocycles. The van der Waals surface area contributed by atoms with E-state index >= 15 is 0 Å². The first kappa shape index (κ1) is 11.9. The predicted octanol–water partition coefficient (Wildman–Crippen LogP) is 5.64. The summed E-state index contributed by atoms with van der Waals surface area (Å²) in [5.74, 6) is 0. The SMILES string of the molecule is C1=C(c2ccc3oc4ccccc4c3c2)CC2CCC1S2. The first-order chi connectivity index (χ1) is 10.4. The van der Waals surface area contributed by atoms with E-state index < -0.39 is 0 Å². The van der Waals surface area contributed by atoms with Crippen LogP contribution in [0.3, 0.4) is 0 Å². The van der Waals surface area contributed by atoms with E-state index in [1.165, 1.54) is 41.2 Å². The van der Waals surface area contributed by atoms with Crippen LogP contribution in [0.2, 0.25) is 0 Å². The van der Waals surface area contributed by atoms with Gasteiger partial charge in [-0.3, -0.25) is 0 Å². The van der Waals surface area contributed by atoms with Crippen LogP contribution in [0.15, 0.2) is 53.0 Å². The third-order valence-electron chi connectivity index (χ3n) is 4.72. The molecule has 0 amide bonds. The average molecular weight is 292 g/mol. The van der Waals surface area contributed by atoms with Crippen LogP contribution in [0.25, 0.3) is 27.5 Å². The second kappa shape index (κ2) is 4.41. The summed E-state index contributed by atoms with van der Waals surface area (Å²) < 4.78 is 5.93. The van der Waals surface area contributed by atoms with Crippen LogP contribution < -0.4 is 0 Å². The molecule has 2 aliphatic rings. The van der Waals surface area contributed by atoms with Crippen molar-refractivity contribution in [3.05, 3.63) is 54.1 Å². The smallest absolute Gasteiger partial charge is 0.135 e. The minimum atomic E-state index is 0.746. The number of hydrogen-bond acceptors (Lipinski definition) is 2. The van der Waals surface area contributed by atoms with Crippen LogP contribution in [0.4, 0.5) is 0 Å². The largest absolute Gasteiger partial charge is 0.456 e. The van der Waals surface area contributed by atoms with Crippen molar-refractivity contribution in [2.75, 3.05) is 0 Å². The van der Waals surface area contributed by atoms with Gasteiger partial charge in [0.2, 0.25) is 0 Å². The van der Waals surface area contributed by atoms with Crippen molar-refractivity contribution in [3.8, 4) is 0 Å². The van der Waals surface area contributed by atoms with Gasteiger partial charge >= 0.3 is 0 Å². The zero-order valence-corrected chi connectivity index (χ0v) is 12.5. The molecule has 21 heavy (non-hydrogen) atoms. The summed E-state index contributed by atoms with van der Waals surface area (Å²) in [5, 5.41) is 4.06. The summed E-state index contributed by atoms with van der Waals surface area (Å²) in [4.78, 5) is 0. The lowest BCUT2D eigenvalue weighted by Gasteiger charge is -2.19. The van der Waals surface area contributed by atoms with Crippen molar-refractivity contribution in [2.45, 2.75) is 29.8 Å². The van der Waals surface area contributed by atoms with Gasteiger partial charge in [0, 0.05) is 21.3 Å². The maximum absolute atomic E-state index is 5.93. The summed E-state index contributed by atoms with van der Waals surface area (Å²) >= 11 is 2.16. The highest BCUT2D eigenvalue weighted by atomic mass is 32.2. The Bertz CT molecular complexity index is 874. The highest BCUT2D eigenvalue weighted by Gasteiger charge is 2.29. The molecule has 1 nitrogen and oxygen atoms in total. The van der Waals surface area contributed by atoms with Crippen LogP contribution in [-0.2, 0) is 0 Å². The normalized spacial score (nSPS) is 24.7. The van der Waals surface area contributed by atoms with Crippen molar-refractivity contribution >= 4 is 39.3 Å². The third-order valence-corrected chi connectivity index (χ3v) is 6.23. The molecular formula is C19H16OS. The van der Waals surface area contributed by atoms with Gasteiger partial charge in [0.05, 0.1) is 0 Å². The van der Waals surface area contributed by atoms with Gasteiger partial charge in [-0.2, -0.15) is 11.8 Å². The minimum absolute atomic E-state index is 0.746. The van der Waals surface area contributed by atoms with Crippen molar-refractivity contribution in [1.82, 2.24) is 0 Å². The number of hydrogen-bond donors (Lipinski definition) is 0. The first-order valence-corrected chi connectivity index (χ1v) is 8.59. The fraction of sp³-hybridized carbons (Fsp3) is 0.263. The summed E-state index contributed by atoms with van der Waals surface area (Å²) in [6.45, 7) is 0. The summed E-state index contributed by atoms with van der Waals surface area (Å²) in [6.07, 6.45) is 6.46. The lowest BCUT2D eigenvalue weighted by molar-refractivity contribution is 0.669. The van der Waals surface area contributed by atoms with E-state index in [-0.39, 0.29) is 0 Å². The number of benzene rings is 2. The molecule has 0 N–H and O–H groups in total. The molecule has 104 valence electrons. The molecule has 1 fully saturated rings.